The number of sulfonamides is 1. The molecule has 2 N–H and O–H groups in total. The number of nitrogens with one attached hydrogen (secondary N) is 2. The highest BCUT2D eigenvalue weighted by Crippen LogP contribution is 2.21. The summed E-state index contributed by atoms with van der Waals surface area (Å²) < 4.78 is 31.5. The van der Waals surface area contributed by atoms with E-state index in [1.165, 1.54) is 6.07 Å². The van der Waals surface area contributed by atoms with Gasteiger partial charge in [-0.2, -0.15) is 0 Å². The lowest BCUT2D eigenvalue weighted by Crippen LogP contribution is -2.39. The maximum Gasteiger partial charge on any atom is 0.274 e. The molecular formula is C10H16N2O3S. The van der Waals surface area contributed by atoms with Crippen LogP contribution in [0.1, 0.15) is 25.0 Å². The smallest absolute Gasteiger partial charge is 0.274 e. The van der Waals surface area contributed by atoms with E-state index in [1.807, 2.05) is 0 Å². The molecule has 6 heteroatoms. The molecule has 0 spiro atoms. The first-order chi connectivity index (χ1) is 7.62. The summed E-state index contributed by atoms with van der Waals surface area (Å²) in [6.45, 7) is 0.527. The van der Waals surface area contributed by atoms with Crippen LogP contribution in [0.15, 0.2) is 21.6 Å². The minimum absolute atomic E-state index is 0.00431. The van der Waals surface area contributed by atoms with Gasteiger partial charge in [0.05, 0.1) is 6.54 Å². The van der Waals surface area contributed by atoms with Gasteiger partial charge in [-0.1, -0.05) is 6.42 Å². The topological polar surface area (TPSA) is 71.3 Å². The largest absolute Gasteiger partial charge is 0.447 e. The first kappa shape index (κ1) is 11.6. The van der Waals surface area contributed by atoms with Crippen LogP contribution in [0.25, 0.3) is 0 Å². The molecule has 1 aliphatic carbocycles. The van der Waals surface area contributed by atoms with E-state index in [4.69, 9.17) is 4.42 Å². The van der Waals surface area contributed by atoms with Gasteiger partial charge >= 0.3 is 0 Å². The molecule has 0 radical (unpaired) electrons. The number of hydrogen-bond acceptors (Lipinski definition) is 4. The van der Waals surface area contributed by atoms with Gasteiger partial charge in [0.2, 0.25) is 5.09 Å². The molecule has 0 saturated heterocycles. The van der Waals surface area contributed by atoms with Crippen molar-refractivity contribution < 1.29 is 12.8 Å². The number of furan rings is 1. The van der Waals surface area contributed by atoms with Crippen LogP contribution in [0.5, 0.6) is 0 Å². The first-order valence-electron chi connectivity index (χ1n) is 5.37. The van der Waals surface area contributed by atoms with Crippen molar-refractivity contribution in [2.75, 3.05) is 7.05 Å². The molecule has 0 aromatic carbocycles. The second kappa shape index (κ2) is 4.57. The Morgan fingerprint density at radius 1 is 1.44 bits per heavy atom. The van der Waals surface area contributed by atoms with Crippen LogP contribution in [0, 0.1) is 0 Å². The van der Waals surface area contributed by atoms with Crippen LogP contribution in [0.3, 0.4) is 0 Å². The Balaban J connectivity index is 2.08. The highest BCUT2D eigenvalue weighted by molar-refractivity contribution is 7.89. The molecular weight excluding hydrogens is 228 g/mol. The normalized spacial score (nSPS) is 17.3. The standard InChI is InChI=1S/C10H16N2O3S/c1-11-7-9-5-6-10(15-9)16(13,14)12-8-3-2-4-8/h5-6,8,11-12H,2-4,7H2,1H3. The summed E-state index contributed by atoms with van der Waals surface area (Å²) in [6.07, 6.45) is 2.93. The minimum Gasteiger partial charge on any atom is -0.447 e. The number of rotatable bonds is 5. The molecule has 1 saturated carbocycles. The average Bonchev–Trinajstić information content (AvgIpc) is 2.62. The number of hydrogen-bond donors (Lipinski definition) is 2. The maximum absolute atomic E-state index is 11.8. The Morgan fingerprint density at radius 2 is 2.19 bits per heavy atom. The van der Waals surface area contributed by atoms with Crippen molar-refractivity contribution in [3.8, 4) is 0 Å². The third-order valence-electron chi connectivity index (χ3n) is 2.68. The fourth-order valence-electron chi connectivity index (χ4n) is 1.58. The Morgan fingerprint density at radius 3 is 2.75 bits per heavy atom. The summed E-state index contributed by atoms with van der Waals surface area (Å²) >= 11 is 0. The molecule has 0 unspecified atom stereocenters. The summed E-state index contributed by atoms with van der Waals surface area (Å²) in [7, 11) is -1.68. The first-order valence-corrected chi connectivity index (χ1v) is 6.86. The summed E-state index contributed by atoms with van der Waals surface area (Å²) in [5, 5.41) is 2.91. The van der Waals surface area contributed by atoms with Crippen molar-refractivity contribution in [3.05, 3.63) is 17.9 Å². The molecule has 90 valence electrons. The molecule has 5 nitrogen and oxygen atoms in total. The van der Waals surface area contributed by atoms with Gasteiger partial charge in [0, 0.05) is 6.04 Å². The van der Waals surface area contributed by atoms with Gasteiger partial charge < -0.3 is 9.73 Å². The molecule has 2 rings (SSSR count). The minimum atomic E-state index is -3.46. The van der Waals surface area contributed by atoms with Crippen molar-refractivity contribution in [1.29, 1.82) is 0 Å². The van der Waals surface area contributed by atoms with Crippen molar-refractivity contribution in [1.82, 2.24) is 10.0 Å². The second-order valence-electron chi connectivity index (χ2n) is 4.00. The highest BCUT2D eigenvalue weighted by atomic mass is 32.2. The Labute approximate surface area is 95.3 Å². The molecule has 0 aliphatic heterocycles. The summed E-state index contributed by atoms with van der Waals surface area (Å²) in [4.78, 5) is 0. The van der Waals surface area contributed by atoms with E-state index in [9.17, 15) is 8.42 Å². The highest BCUT2D eigenvalue weighted by Gasteiger charge is 2.26. The van der Waals surface area contributed by atoms with Gasteiger partial charge in [0.25, 0.3) is 10.0 Å². The molecule has 0 bridgehead atoms. The SMILES string of the molecule is CNCc1ccc(S(=O)(=O)NC2CCC2)o1. The van der Waals surface area contributed by atoms with E-state index in [0.29, 0.717) is 12.3 Å². The van der Waals surface area contributed by atoms with Gasteiger partial charge in [0.15, 0.2) is 0 Å². The van der Waals surface area contributed by atoms with Crippen LogP contribution >= 0.6 is 0 Å². The summed E-state index contributed by atoms with van der Waals surface area (Å²) in [6, 6.07) is 3.25. The van der Waals surface area contributed by atoms with Crippen LogP contribution < -0.4 is 10.0 Å². The molecule has 1 heterocycles. The molecule has 1 aromatic heterocycles. The lowest BCUT2D eigenvalue weighted by molar-refractivity contribution is 0.368. The zero-order chi connectivity index (χ0) is 11.6. The Hall–Kier alpha value is -0.850. The van der Waals surface area contributed by atoms with Gasteiger partial charge in [-0.05, 0) is 32.0 Å². The van der Waals surface area contributed by atoms with E-state index in [2.05, 4.69) is 10.0 Å². The Bertz CT molecular complexity index is 448. The maximum atomic E-state index is 11.8. The van der Waals surface area contributed by atoms with E-state index in [1.54, 1.807) is 13.1 Å². The third kappa shape index (κ3) is 2.45. The molecule has 0 amide bonds. The fourth-order valence-corrected chi connectivity index (χ4v) is 2.83. The van der Waals surface area contributed by atoms with Crippen LogP contribution in [0.4, 0.5) is 0 Å². The zero-order valence-corrected chi connectivity index (χ0v) is 10.0. The van der Waals surface area contributed by atoms with Crippen molar-refractivity contribution in [2.45, 2.75) is 36.9 Å². The van der Waals surface area contributed by atoms with Crippen LogP contribution in [-0.4, -0.2) is 21.5 Å². The van der Waals surface area contributed by atoms with E-state index in [0.717, 1.165) is 19.3 Å². The summed E-state index contributed by atoms with van der Waals surface area (Å²) in [5.74, 6) is 0.622. The molecule has 16 heavy (non-hydrogen) atoms. The van der Waals surface area contributed by atoms with Crippen molar-refractivity contribution in [3.63, 3.8) is 0 Å². The Kier molecular flexibility index (Phi) is 3.32. The predicted molar refractivity (Wildman–Crippen MR) is 59.4 cm³/mol. The average molecular weight is 244 g/mol. The molecule has 1 fully saturated rings. The lowest BCUT2D eigenvalue weighted by Gasteiger charge is -2.25. The van der Waals surface area contributed by atoms with Gasteiger partial charge in [-0.25, -0.2) is 13.1 Å². The van der Waals surface area contributed by atoms with E-state index >= 15 is 0 Å². The van der Waals surface area contributed by atoms with Crippen LogP contribution in [0.2, 0.25) is 0 Å². The quantitative estimate of drug-likeness (QED) is 0.804. The van der Waals surface area contributed by atoms with E-state index in [-0.39, 0.29) is 11.1 Å². The monoisotopic (exact) mass is 244 g/mol. The van der Waals surface area contributed by atoms with Gasteiger partial charge in [0.1, 0.15) is 5.76 Å². The van der Waals surface area contributed by atoms with Gasteiger partial charge in [-0.15, -0.1) is 0 Å². The lowest BCUT2D eigenvalue weighted by atomic mass is 9.94. The van der Waals surface area contributed by atoms with E-state index < -0.39 is 10.0 Å². The summed E-state index contributed by atoms with van der Waals surface area (Å²) in [5.41, 5.74) is 0. The van der Waals surface area contributed by atoms with Crippen LogP contribution in [-0.2, 0) is 16.6 Å². The van der Waals surface area contributed by atoms with Gasteiger partial charge in [-0.3, -0.25) is 0 Å². The zero-order valence-electron chi connectivity index (χ0n) is 9.19. The molecule has 0 atom stereocenters. The van der Waals surface area contributed by atoms with Crippen molar-refractivity contribution in [2.24, 2.45) is 0 Å². The van der Waals surface area contributed by atoms with Crippen molar-refractivity contribution >= 4 is 10.0 Å². The predicted octanol–water partition coefficient (Wildman–Crippen LogP) is 0.830. The fraction of sp³-hybridized carbons (Fsp3) is 0.600. The second-order valence-corrected chi connectivity index (χ2v) is 5.65. The third-order valence-corrected chi connectivity index (χ3v) is 4.07. The molecule has 1 aromatic rings. The molecule has 1 aliphatic rings.